The highest BCUT2D eigenvalue weighted by atomic mass is 35.5. The Morgan fingerprint density at radius 2 is 2.14 bits per heavy atom. The van der Waals surface area contributed by atoms with Gasteiger partial charge in [-0.25, -0.2) is 4.98 Å². The molecule has 21 heavy (non-hydrogen) atoms. The standard InChI is InChI=1S/C15H17Cl2N3O/c1-8(16)14-19-12-6-3-10(17)7-13(12)20(14)9(2)15(21)18-11-4-5-11/h3,6-9,11H,4-5H2,1-2H3,(H,18,21). The van der Waals surface area contributed by atoms with E-state index in [1.165, 1.54) is 0 Å². The molecular weight excluding hydrogens is 309 g/mol. The van der Waals surface area contributed by atoms with Gasteiger partial charge in [-0.1, -0.05) is 11.6 Å². The van der Waals surface area contributed by atoms with Crippen LogP contribution in [0.1, 0.15) is 43.9 Å². The first-order valence-corrected chi connectivity index (χ1v) is 7.90. The Kier molecular flexibility index (Phi) is 3.84. The number of hydrogen-bond donors (Lipinski definition) is 1. The number of amides is 1. The van der Waals surface area contributed by atoms with Crippen LogP contribution in [0, 0.1) is 0 Å². The van der Waals surface area contributed by atoms with Crippen LogP contribution in [0.15, 0.2) is 18.2 Å². The maximum atomic E-state index is 12.4. The van der Waals surface area contributed by atoms with Crippen molar-refractivity contribution in [2.24, 2.45) is 0 Å². The summed E-state index contributed by atoms with van der Waals surface area (Å²) in [7, 11) is 0. The Hall–Kier alpha value is -1.26. The summed E-state index contributed by atoms with van der Waals surface area (Å²) < 4.78 is 1.89. The lowest BCUT2D eigenvalue weighted by Gasteiger charge is -2.18. The predicted molar refractivity (Wildman–Crippen MR) is 84.9 cm³/mol. The molecule has 2 unspecified atom stereocenters. The third-order valence-corrected chi connectivity index (χ3v) is 4.16. The van der Waals surface area contributed by atoms with Gasteiger partial charge in [0.25, 0.3) is 0 Å². The molecule has 1 heterocycles. The van der Waals surface area contributed by atoms with Crippen molar-refractivity contribution in [2.45, 2.75) is 44.1 Å². The summed E-state index contributed by atoms with van der Waals surface area (Å²) in [5.74, 6) is 0.683. The lowest BCUT2D eigenvalue weighted by Crippen LogP contribution is -2.33. The molecule has 3 rings (SSSR count). The van der Waals surface area contributed by atoms with Gasteiger partial charge in [0, 0.05) is 11.1 Å². The lowest BCUT2D eigenvalue weighted by atomic mass is 10.2. The predicted octanol–water partition coefficient (Wildman–Crippen LogP) is 3.83. The van der Waals surface area contributed by atoms with Crippen LogP contribution in [0.3, 0.4) is 0 Å². The number of rotatable bonds is 4. The molecule has 1 saturated carbocycles. The second-order valence-electron chi connectivity index (χ2n) is 5.55. The molecule has 2 aromatic rings. The van der Waals surface area contributed by atoms with Crippen molar-refractivity contribution in [2.75, 3.05) is 0 Å². The summed E-state index contributed by atoms with van der Waals surface area (Å²) in [5.41, 5.74) is 1.64. The van der Waals surface area contributed by atoms with Crippen molar-refractivity contribution in [3.63, 3.8) is 0 Å². The van der Waals surface area contributed by atoms with Gasteiger partial charge in [0.1, 0.15) is 11.9 Å². The third kappa shape index (κ3) is 2.87. The first-order chi connectivity index (χ1) is 9.97. The number of benzene rings is 1. The third-order valence-electron chi connectivity index (χ3n) is 3.73. The summed E-state index contributed by atoms with van der Waals surface area (Å²) in [6.45, 7) is 3.72. The molecule has 112 valence electrons. The van der Waals surface area contributed by atoms with E-state index in [2.05, 4.69) is 10.3 Å². The quantitative estimate of drug-likeness (QED) is 0.868. The molecule has 6 heteroatoms. The van der Waals surface area contributed by atoms with E-state index >= 15 is 0 Å². The van der Waals surface area contributed by atoms with Crippen LogP contribution in [-0.4, -0.2) is 21.5 Å². The molecule has 1 aromatic carbocycles. The fourth-order valence-electron chi connectivity index (χ4n) is 2.44. The fraction of sp³-hybridized carbons (Fsp3) is 0.467. The van der Waals surface area contributed by atoms with E-state index in [-0.39, 0.29) is 17.3 Å². The lowest BCUT2D eigenvalue weighted by molar-refractivity contribution is -0.124. The Morgan fingerprint density at radius 3 is 2.76 bits per heavy atom. The van der Waals surface area contributed by atoms with Gasteiger partial charge in [-0.2, -0.15) is 0 Å². The molecule has 1 aliphatic rings. The van der Waals surface area contributed by atoms with Crippen molar-refractivity contribution >= 4 is 40.1 Å². The summed E-state index contributed by atoms with van der Waals surface area (Å²) in [6.07, 6.45) is 2.13. The summed E-state index contributed by atoms with van der Waals surface area (Å²) in [4.78, 5) is 16.9. The number of aromatic nitrogens is 2. The molecule has 1 aromatic heterocycles. The summed E-state index contributed by atoms with van der Waals surface area (Å²) >= 11 is 12.3. The highest BCUT2D eigenvalue weighted by Gasteiger charge is 2.28. The van der Waals surface area contributed by atoms with Gasteiger partial charge in [-0.3, -0.25) is 4.79 Å². The first-order valence-electron chi connectivity index (χ1n) is 7.09. The molecule has 0 aliphatic heterocycles. The maximum absolute atomic E-state index is 12.4. The van der Waals surface area contributed by atoms with Crippen LogP contribution in [0.2, 0.25) is 5.02 Å². The minimum absolute atomic E-state index is 0.00431. The molecule has 0 radical (unpaired) electrons. The first kappa shape index (κ1) is 14.7. The van der Waals surface area contributed by atoms with Crippen LogP contribution in [0.5, 0.6) is 0 Å². The number of fused-ring (bicyclic) bond motifs is 1. The molecule has 1 aliphatic carbocycles. The molecule has 0 spiro atoms. The fourth-order valence-corrected chi connectivity index (χ4v) is 2.76. The van der Waals surface area contributed by atoms with Gasteiger partial charge in [0.2, 0.25) is 5.91 Å². The average Bonchev–Trinajstić information content (AvgIpc) is 3.16. The Bertz CT molecular complexity index is 692. The highest BCUT2D eigenvalue weighted by Crippen LogP contribution is 2.30. The van der Waals surface area contributed by atoms with E-state index in [4.69, 9.17) is 23.2 Å². The van der Waals surface area contributed by atoms with Crippen molar-refractivity contribution in [1.82, 2.24) is 14.9 Å². The molecule has 0 saturated heterocycles. The molecule has 4 nitrogen and oxygen atoms in total. The van der Waals surface area contributed by atoms with Gasteiger partial charge in [-0.05, 0) is 44.9 Å². The normalized spacial score (nSPS) is 17.7. The zero-order chi connectivity index (χ0) is 15.1. The van der Waals surface area contributed by atoms with E-state index in [0.717, 1.165) is 23.9 Å². The number of carbonyl (C=O) groups is 1. The molecule has 1 fully saturated rings. The number of nitrogens with one attached hydrogen (secondary N) is 1. The second-order valence-corrected chi connectivity index (χ2v) is 6.64. The number of halogens is 2. The van der Waals surface area contributed by atoms with Crippen LogP contribution < -0.4 is 5.32 Å². The van der Waals surface area contributed by atoms with E-state index in [0.29, 0.717) is 16.9 Å². The van der Waals surface area contributed by atoms with Crippen molar-refractivity contribution < 1.29 is 4.79 Å². The summed E-state index contributed by atoms with van der Waals surface area (Å²) in [5, 5.41) is 3.36. The van der Waals surface area contributed by atoms with Gasteiger partial charge < -0.3 is 9.88 Å². The van der Waals surface area contributed by atoms with Crippen molar-refractivity contribution in [3.8, 4) is 0 Å². The second kappa shape index (κ2) is 5.50. The highest BCUT2D eigenvalue weighted by molar-refractivity contribution is 6.31. The van der Waals surface area contributed by atoms with E-state index in [9.17, 15) is 4.79 Å². The van der Waals surface area contributed by atoms with Crippen LogP contribution in [0.4, 0.5) is 0 Å². The zero-order valence-corrected chi connectivity index (χ0v) is 13.4. The molecular formula is C15H17Cl2N3O. The number of alkyl halides is 1. The van der Waals surface area contributed by atoms with Gasteiger partial charge in [0.15, 0.2) is 0 Å². The van der Waals surface area contributed by atoms with E-state index in [1.54, 1.807) is 6.07 Å². The number of nitrogens with zero attached hydrogens (tertiary/aromatic N) is 2. The average molecular weight is 326 g/mol. The molecule has 1 N–H and O–H groups in total. The Labute approximate surface area is 133 Å². The zero-order valence-electron chi connectivity index (χ0n) is 11.9. The molecule has 0 bridgehead atoms. The Balaban J connectivity index is 2.06. The topological polar surface area (TPSA) is 46.9 Å². The largest absolute Gasteiger partial charge is 0.352 e. The van der Waals surface area contributed by atoms with Crippen LogP contribution in [-0.2, 0) is 4.79 Å². The smallest absolute Gasteiger partial charge is 0.243 e. The SMILES string of the molecule is CC(Cl)c1nc2ccc(Cl)cc2n1C(C)C(=O)NC1CC1. The minimum Gasteiger partial charge on any atom is -0.352 e. The number of carbonyl (C=O) groups excluding carboxylic acids is 1. The van der Waals surface area contributed by atoms with E-state index < -0.39 is 0 Å². The molecule has 1 amide bonds. The van der Waals surface area contributed by atoms with Gasteiger partial charge in [-0.15, -0.1) is 11.6 Å². The Morgan fingerprint density at radius 1 is 1.43 bits per heavy atom. The van der Waals surface area contributed by atoms with Crippen molar-refractivity contribution in [3.05, 3.63) is 29.0 Å². The monoisotopic (exact) mass is 325 g/mol. The van der Waals surface area contributed by atoms with Crippen LogP contribution >= 0.6 is 23.2 Å². The van der Waals surface area contributed by atoms with E-state index in [1.807, 2.05) is 30.5 Å². The van der Waals surface area contributed by atoms with Gasteiger partial charge >= 0.3 is 0 Å². The van der Waals surface area contributed by atoms with Crippen LogP contribution in [0.25, 0.3) is 11.0 Å². The minimum atomic E-state index is -0.370. The number of imidazole rings is 1. The van der Waals surface area contributed by atoms with Crippen molar-refractivity contribution in [1.29, 1.82) is 0 Å². The van der Waals surface area contributed by atoms with Gasteiger partial charge in [0.05, 0.1) is 16.4 Å². The maximum Gasteiger partial charge on any atom is 0.243 e. The molecule has 2 atom stereocenters. The summed E-state index contributed by atoms with van der Waals surface area (Å²) in [6, 6.07) is 5.43. The number of hydrogen-bond acceptors (Lipinski definition) is 2.